The first-order valence-electron chi connectivity index (χ1n) is 8.13. The van der Waals surface area contributed by atoms with Crippen molar-refractivity contribution in [1.29, 1.82) is 0 Å². The highest BCUT2D eigenvalue weighted by atomic mass is 35.5. The van der Waals surface area contributed by atoms with Crippen molar-refractivity contribution in [1.82, 2.24) is 9.80 Å². The average Bonchev–Trinajstić information content (AvgIpc) is 2.96. The fourth-order valence-corrected chi connectivity index (χ4v) is 3.60. The number of amides is 1. The van der Waals surface area contributed by atoms with Crippen LogP contribution < -0.4 is 5.73 Å². The van der Waals surface area contributed by atoms with E-state index in [9.17, 15) is 4.79 Å². The molecule has 5 heteroatoms. The van der Waals surface area contributed by atoms with Crippen molar-refractivity contribution in [2.75, 3.05) is 26.2 Å². The fourth-order valence-electron chi connectivity index (χ4n) is 3.47. The standard InChI is InChI=1S/C17H24ClN3O/c18-15-4-1-13(2-5-15)12-20-7-9-21(10-8-20)17(22)14-3-6-16(19)11-14/h1-2,4-5,14,16H,3,6-12,19H2. The van der Waals surface area contributed by atoms with Gasteiger partial charge in [-0.15, -0.1) is 0 Å². The zero-order chi connectivity index (χ0) is 15.5. The lowest BCUT2D eigenvalue weighted by Crippen LogP contribution is -2.49. The number of halogens is 1. The van der Waals surface area contributed by atoms with Gasteiger partial charge in [0.15, 0.2) is 0 Å². The number of carbonyl (C=O) groups excluding carboxylic acids is 1. The summed E-state index contributed by atoms with van der Waals surface area (Å²) < 4.78 is 0. The van der Waals surface area contributed by atoms with Crippen LogP contribution in [0, 0.1) is 5.92 Å². The van der Waals surface area contributed by atoms with Crippen LogP contribution in [0.3, 0.4) is 0 Å². The molecule has 2 fully saturated rings. The molecule has 1 amide bonds. The van der Waals surface area contributed by atoms with Gasteiger partial charge in [-0.1, -0.05) is 23.7 Å². The lowest BCUT2D eigenvalue weighted by molar-refractivity contribution is -0.137. The van der Waals surface area contributed by atoms with Crippen LogP contribution in [-0.2, 0) is 11.3 Å². The Bertz CT molecular complexity index is 511. The number of nitrogens with zero attached hydrogens (tertiary/aromatic N) is 2. The molecule has 4 nitrogen and oxygen atoms in total. The van der Waals surface area contributed by atoms with E-state index in [2.05, 4.69) is 17.0 Å². The third kappa shape index (κ3) is 3.80. The SMILES string of the molecule is NC1CCC(C(=O)N2CCN(Cc3ccc(Cl)cc3)CC2)C1. The van der Waals surface area contributed by atoms with Crippen LogP contribution >= 0.6 is 11.6 Å². The van der Waals surface area contributed by atoms with Gasteiger partial charge < -0.3 is 10.6 Å². The summed E-state index contributed by atoms with van der Waals surface area (Å²) in [5.41, 5.74) is 7.19. The lowest BCUT2D eigenvalue weighted by Gasteiger charge is -2.36. The quantitative estimate of drug-likeness (QED) is 0.927. The van der Waals surface area contributed by atoms with Crippen molar-refractivity contribution in [3.63, 3.8) is 0 Å². The van der Waals surface area contributed by atoms with Crippen LogP contribution in [0.2, 0.25) is 5.02 Å². The van der Waals surface area contributed by atoms with E-state index in [1.54, 1.807) is 0 Å². The van der Waals surface area contributed by atoms with Gasteiger partial charge in [0.05, 0.1) is 0 Å². The van der Waals surface area contributed by atoms with Crippen molar-refractivity contribution < 1.29 is 4.79 Å². The summed E-state index contributed by atoms with van der Waals surface area (Å²) >= 11 is 5.91. The first-order chi connectivity index (χ1) is 10.6. The third-order valence-corrected chi connectivity index (χ3v) is 5.08. The Hall–Kier alpha value is -1.10. The molecule has 1 aromatic rings. The Labute approximate surface area is 137 Å². The van der Waals surface area contributed by atoms with Gasteiger partial charge in [0.1, 0.15) is 0 Å². The number of carbonyl (C=O) groups is 1. The van der Waals surface area contributed by atoms with E-state index in [1.807, 2.05) is 17.0 Å². The van der Waals surface area contributed by atoms with E-state index in [1.165, 1.54) is 5.56 Å². The summed E-state index contributed by atoms with van der Waals surface area (Å²) in [5, 5.41) is 0.772. The van der Waals surface area contributed by atoms with Crippen LogP contribution in [0.25, 0.3) is 0 Å². The number of nitrogens with two attached hydrogens (primary N) is 1. The molecule has 0 aromatic heterocycles. The first kappa shape index (κ1) is 15.8. The van der Waals surface area contributed by atoms with Gasteiger partial charge in [0, 0.05) is 49.7 Å². The predicted octanol–water partition coefficient (Wildman–Crippen LogP) is 2.11. The Balaban J connectivity index is 1.48. The Kier molecular flexibility index (Phi) is 5.01. The molecule has 2 unspecified atom stereocenters. The Morgan fingerprint density at radius 1 is 1.14 bits per heavy atom. The van der Waals surface area contributed by atoms with Gasteiger partial charge in [0.25, 0.3) is 0 Å². The van der Waals surface area contributed by atoms with Crippen molar-refractivity contribution in [2.45, 2.75) is 31.8 Å². The summed E-state index contributed by atoms with van der Waals surface area (Å²) in [5.74, 6) is 0.483. The summed E-state index contributed by atoms with van der Waals surface area (Å²) in [7, 11) is 0. The molecule has 3 rings (SSSR count). The molecular weight excluding hydrogens is 298 g/mol. The maximum Gasteiger partial charge on any atom is 0.225 e. The molecule has 2 aliphatic rings. The van der Waals surface area contributed by atoms with E-state index in [0.29, 0.717) is 5.91 Å². The Morgan fingerprint density at radius 3 is 2.41 bits per heavy atom. The molecule has 22 heavy (non-hydrogen) atoms. The zero-order valence-electron chi connectivity index (χ0n) is 12.9. The number of piperazine rings is 1. The molecule has 1 aliphatic carbocycles. The van der Waals surface area contributed by atoms with Crippen LogP contribution in [0.4, 0.5) is 0 Å². The summed E-state index contributed by atoms with van der Waals surface area (Å²) in [6.45, 7) is 4.46. The maximum atomic E-state index is 12.5. The molecule has 1 saturated carbocycles. The normalized spacial score (nSPS) is 26.4. The van der Waals surface area contributed by atoms with Gasteiger partial charge >= 0.3 is 0 Å². The first-order valence-corrected chi connectivity index (χ1v) is 8.51. The van der Waals surface area contributed by atoms with E-state index >= 15 is 0 Å². The molecule has 1 aliphatic heterocycles. The monoisotopic (exact) mass is 321 g/mol. The molecule has 120 valence electrons. The second-order valence-corrected chi connectivity index (χ2v) is 6.93. The number of rotatable bonds is 3. The molecule has 2 atom stereocenters. The fraction of sp³-hybridized carbons (Fsp3) is 0.588. The molecule has 1 heterocycles. The highest BCUT2D eigenvalue weighted by molar-refractivity contribution is 6.30. The molecule has 0 spiro atoms. The number of benzene rings is 1. The summed E-state index contributed by atoms with van der Waals surface area (Å²) in [4.78, 5) is 16.9. The smallest absolute Gasteiger partial charge is 0.225 e. The van der Waals surface area contributed by atoms with Gasteiger partial charge in [-0.05, 0) is 37.0 Å². The molecule has 0 bridgehead atoms. The van der Waals surface area contributed by atoms with Crippen LogP contribution in [0.1, 0.15) is 24.8 Å². The third-order valence-electron chi connectivity index (χ3n) is 4.83. The van der Waals surface area contributed by atoms with E-state index < -0.39 is 0 Å². The maximum absolute atomic E-state index is 12.5. The highest BCUT2D eigenvalue weighted by Gasteiger charge is 2.32. The van der Waals surface area contributed by atoms with Crippen molar-refractivity contribution in [2.24, 2.45) is 11.7 Å². The minimum absolute atomic E-state index is 0.165. The van der Waals surface area contributed by atoms with Crippen LogP contribution in [0.15, 0.2) is 24.3 Å². The summed E-state index contributed by atoms with van der Waals surface area (Å²) in [6, 6.07) is 8.22. The molecule has 2 N–H and O–H groups in total. The summed E-state index contributed by atoms with van der Waals surface area (Å²) in [6.07, 6.45) is 2.82. The van der Waals surface area contributed by atoms with E-state index in [0.717, 1.165) is 57.0 Å². The Morgan fingerprint density at radius 2 is 1.82 bits per heavy atom. The van der Waals surface area contributed by atoms with E-state index in [-0.39, 0.29) is 12.0 Å². The van der Waals surface area contributed by atoms with Gasteiger partial charge in [0.2, 0.25) is 5.91 Å². The van der Waals surface area contributed by atoms with Crippen LogP contribution in [0.5, 0.6) is 0 Å². The average molecular weight is 322 g/mol. The highest BCUT2D eigenvalue weighted by Crippen LogP contribution is 2.26. The topological polar surface area (TPSA) is 49.6 Å². The largest absolute Gasteiger partial charge is 0.340 e. The molecule has 1 saturated heterocycles. The van der Waals surface area contributed by atoms with Crippen LogP contribution in [-0.4, -0.2) is 47.9 Å². The second kappa shape index (κ2) is 6.99. The van der Waals surface area contributed by atoms with Crippen molar-refractivity contribution in [3.05, 3.63) is 34.9 Å². The molecule has 0 radical (unpaired) electrons. The minimum Gasteiger partial charge on any atom is -0.340 e. The second-order valence-electron chi connectivity index (χ2n) is 6.50. The lowest BCUT2D eigenvalue weighted by atomic mass is 10.1. The van der Waals surface area contributed by atoms with Crippen molar-refractivity contribution in [3.8, 4) is 0 Å². The minimum atomic E-state index is 0.165. The number of hydrogen-bond donors (Lipinski definition) is 1. The van der Waals surface area contributed by atoms with Gasteiger partial charge in [-0.2, -0.15) is 0 Å². The molecule has 1 aromatic carbocycles. The predicted molar refractivity (Wildman–Crippen MR) is 88.6 cm³/mol. The van der Waals surface area contributed by atoms with Crippen molar-refractivity contribution >= 4 is 17.5 Å². The zero-order valence-corrected chi connectivity index (χ0v) is 13.6. The number of hydrogen-bond acceptors (Lipinski definition) is 3. The molecular formula is C17H24ClN3O. The van der Waals surface area contributed by atoms with E-state index in [4.69, 9.17) is 17.3 Å². The van der Waals surface area contributed by atoms with Gasteiger partial charge in [-0.25, -0.2) is 0 Å². The van der Waals surface area contributed by atoms with Gasteiger partial charge in [-0.3, -0.25) is 9.69 Å².